The van der Waals surface area contributed by atoms with E-state index in [1.807, 2.05) is 0 Å². The highest BCUT2D eigenvalue weighted by Crippen LogP contribution is 2.22. The fourth-order valence-electron chi connectivity index (χ4n) is 1.52. The Bertz CT molecular complexity index is 401. The van der Waals surface area contributed by atoms with Crippen molar-refractivity contribution in [2.45, 2.75) is 0 Å². The van der Waals surface area contributed by atoms with Gasteiger partial charge in [0.2, 0.25) is 0 Å². The Kier molecular flexibility index (Phi) is 4.62. The van der Waals surface area contributed by atoms with Crippen molar-refractivity contribution >= 4 is 24.2 Å². The quantitative estimate of drug-likeness (QED) is 0.641. The van der Waals surface area contributed by atoms with E-state index in [4.69, 9.17) is 4.84 Å². The van der Waals surface area contributed by atoms with Crippen LogP contribution < -0.4 is 5.32 Å². The normalized spacial score (nSPS) is 13.6. The van der Waals surface area contributed by atoms with Gasteiger partial charge in [0.1, 0.15) is 0 Å². The summed E-state index contributed by atoms with van der Waals surface area (Å²) in [5.41, 5.74) is 0.800. The average molecular weight is 257 g/mol. The van der Waals surface area contributed by atoms with Gasteiger partial charge in [0, 0.05) is 6.54 Å². The molecule has 0 aromatic heterocycles. The number of benzene rings is 1. The number of halogens is 1. The summed E-state index contributed by atoms with van der Waals surface area (Å²) in [5, 5.41) is 3.69. The lowest BCUT2D eigenvalue weighted by Gasteiger charge is -2.12. The average Bonchev–Trinajstić information content (AvgIpc) is 2.55. The molecular formula is C11H13ClN2O3. The molecule has 0 aliphatic carbocycles. The summed E-state index contributed by atoms with van der Waals surface area (Å²) < 4.78 is 0. The number of amides is 2. The van der Waals surface area contributed by atoms with Crippen LogP contribution in [-0.2, 0) is 4.84 Å². The van der Waals surface area contributed by atoms with Crippen LogP contribution in [-0.4, -0.2) is 37.1 Å². The Morgan fingerprint density at radius 3 is 2.18 bits per heavy atom. The Labute approximate surface area is 105 Å². The van der Waals surface area contributed by atoms with Crippen molar-refractivity contribution in [1.29, 1.82) is 0 Å². The fraction of sp³-hybridized carbons (Fsp3) is 0.273. The lowest BCUT2D eigenvalue weighted by molar-refractivity contribution is -0.0894. The van der Waals surface area contributed by atoms with Gasteiger partial charge in [-0.1, -0.05) is 12.1 Å². The zero-order chi connectivity index (χ0) is 11.5. The third kappa shape index (κ3) is 2.46. The number of hydrogen-bond donors (Lipinski definition) is 1. The summed E-state index contributed by atoms with van der Waals surface area (Å²) in [6.07, 6.45) is 0. The molecule has 0 spiro atoms. The monoisotopic (exact) mass is 256 g/mol. The molecule has 0 atom stereocenters. The number of hydrogen-bond acceptors (Lipinski definition) is 4. The van der Waals surface area contributed by atoms with E-state index >= 15 is 0 Å². The number of fused-ring (bicyclic) bond motifs is 1. The van der Waals surface area contributed by atoms with Crippen LogP contribution in [0.5, 0.6) is 0 Å². The number of hydroxylamine groups is 2. The molecule has 1 aliphatic rings. The van der Waals surface area contributed by atoms with Crippen LogP contribution >= 0.6 is 12.4 Å². The van der Waals surface area contributed by atoms with E-state index in [0.717, 1.165) is 5.06 Å². The van der Waals surface area contributed by atoms with Crippen molar-refractivity contribution in [1.82, 2.24) is 10.4 Å². The van der Waals surface area contributed by atoms with Crippen molar-refractivity contribution in [3.63, 3.8) is 0 Å². The standard InChI is InChI=1S/C11H12N2O3.ClH/c1-12-6-7-16-13-10(14)8-4-2-3-5-9(8)11(13)15;/h2-5,12H,6-7H2,1H3;1H. The van der Waals surface area contributed by atoms with Crippen LogP contribution in [0.3, 0.4) is 0 Å². The number of nitrogens with one attached hydrogen (secondary N) is 1. The molecule has 1 aromatic rings. The first kappa shape index (κ1) is 13.6. The molecule has 1 heterocycles. The third-order valence-electron chi connectivity index (χ3n) is 2.33. The van der Waals surface area contributed by atoms with Gasteiger partial charge in [0.05, 0.1) is 17.7 Å². The summed E-state index contributed by atoms with van der Waals surface area (Å²) in [7, 11) is 1.77. The fourth-order valence-corrected chi connectivity index (χ4v) is 1.52. The maximum Gasteiger partial charge on any atom is 0.285 e. The van der Waals surface area contributed by atoms with Gasteiger partial charge in [-0.25, -0.2) is 0 Å². The molecule has 92 valence electrons. The lowest BCUT2D eigenvalue weighted by atomic mass is 10.1. The molecule has 0 unspecified atom stereocenters. The molecule has 6 heteroatoms. The van der Waals surface area contributed by atoms with E-state index < -0.39 is 11.8 Å². The lowest BCUT2D eigenvalue weighted by Crippen LogP contribution is -2.32. The van der Waals surface area contributed by atoms with Crippen LogP contribution in [0, 0.1) is 0 Å². The highest BCUT2D eigenvalue weighted by molar-refractivity contribution is 6.20. The molecule has 0 fully saturated rings. The van der Waals surface area contributed by atoms with E-state index in [1.54, 1.807) is 31.3 Å². The second kappa shape index (κ2) is 5.77. The van der Waals surface area contributed by atoms with E-state index in [1.165, 1.54) is 0 Å². The first-order valence-electron chi connectivity index (χ1n) is 5.01. The molecule has 2 rings (SSSR count). The van der Waals surface area contributed by atoms with Gasteiger partial charge in [-0.3, -0.25) is 14.4 Å². The zero-order valence-corrected chi connectivity index (χ0v) is 10.1. The Hall–Kier alpha value is -1.43. The van der Waals surface area contributed by atoms with Gasteiger partial charge in [-0.05, 0) is 19.2 Å². The van der Waals surface area contributed by atoms with Crippen molar-refractivity contribution in [3.8, 4) is 0 Å². The van der Waals surface area contributed by atoms with Crippen LogP contribution in [0.15, 0.2) is 24.3 Å². The van der Waals surface area contributed by atoms with Gasteiger partial charge in [0.15, 0.2) is 0 Å². The number of carbonyl (C=O) groups excluding carboxylic acids is 2. The summed E-state index contributed by atoms with van der Waals surface area (Å²) in [4.78, 5) is 28.6. The second-order valence-electron chi connectivity index (χ2n) is 3.39. The molecule has 1 aliphatic heterocycles. The third-order valence-corrected chi connectivity index (χ3v) is 2.33. The maximum atomic E-state index is 11.8. The predicted octanol–water partition coefficient (Wildman–Crippen LogP) is 0.855. The Morgan fingerprint density at radius 2 is 1.71 bits per heavy atom. The first-order chi connectivity index (χ1) is 7.75. The molecule has 0 saturated carbocycles. The summed E-state index contributed by atoms with van der Waals surface area (Å²) in [6.45, 7) is 0.857. The minimum Gasteiger partial charge on any atom is -0.317 e. The number of likely N-dealkylation sites (N-methyl/N-ethyl adjacent to an activating group) is 1. The summed E-state index contributed by atoms with van der Waals surface area (Å²) in [5.74, 6) is -0.784. The maximum absolute atomic E-state index is 11.8. The van der Waals surface area contributed by atoms with Gasteiger partial charge < -0.3 is 5.32 Å². The molecule has 2 amide bonds. The van der Waals surface area contributed by atoms with Gasteiger partial charge in [-0.15, -0.1) is 17.5 Å². The molecule has 17 heavy (non-hydrogen) atoms. The van der Waals surface area contributed by atoms with Gasteiger partial charge >= 0.3 is 0 Å². The first-order valence-corrected chi connectivity index (χ1v) is 5.01. The van der Waals surface area contributed by atoms with Crippen molar-refractivity contribution in [2.75, 3.05) is 20.2 Å². The number of imide groups is 1. The van der Waals surface area contributed by atoms with E-state index in [9.17, 15) is 9.59 Å². The van der Waals surface area contributed by atoms with Crippen molar-refractivity contribution in [2.24, 2.45) is 0 Å². The van der Waals surface area contributed by atoms with Gasteiger partial charge in [-0.2, -0.15) is 0 Å². The molecular weight excluding hydrogens is 244 g/mol. The van der Waals surface area contributed by atoms with Crippen LogP contribution in [0.25, 0.3) is 0 Å². The SMILES string of the molecule is CNCCON1C(=O)c2ccccc2C1=O.Cl. The van der Waals surface area contributed by atoms with E-state index in [2.05, 4.69) is 5.32 Å². The topological polar surface area (TPSA) is 58.6 Å². The summed E-state index contributed by atoms with van der Waals surface area (Å²) in [6, 6.07) is 6.69. The van der Waals surface area contributed by atoms with Gasteiger partial charge in [0.25, 0.3) is 11.8 Å². The number of carbonyl (C=O) groups is 2. The molecule has 1 aromatic carbocycles. The highest BCUT2D eigenvalue weighted by Gasteiger charge is 2.36. The largest absolute Gasteiger partial charge is 0.317 e. The molecule has 0 saturated heterocycles. The van der Waals surface area contributed by atoms with Crippen LogP contribution in [0.4, 0.5) is 0 Å². The number of nitrogens with zero attached hydrogens (tertiary/aromatic N) is 1. The highest BCUT2D eigenvalue weighted by atomic mass is 35.5. The summed E-state index contributed by atoms with van der Waals surface area (Å²) >= 11 is 0. The van der Waals surface area contributed by atoms with E-state index in [0.29, 0.717) is 17.7 Å². The minimum atomic E-state index is -0.392. The zero-order valence-electron chi connectivity index (χ0n) is 9.30. The van der Waals surface area contributed by atoms with Crippen molar-refractivity contribution < 1.29 is 14.4 Å². The molecule has 5 nitrogen and oxygen atoms in total. The second-order valence-corrected chi connectivity index (χ2v) is 3.39. The molecule has 0 bridgehead atoms. The van der Waals surface area contributed by atoms with E-state index in [-0.39, 0.29) is 19.0 Å². The number of rotatable bonds is 4. The Balaban J connectivity index is 0.00000144. The Morgan fingerprint density at radius 1 is 1.18 bits per heavy atom. The minimum absolute atomic E-state index is 0. The van der Waals surface area contributed by atoms with Crippen molar-refractivity contribution in [3.05, 3.63) is 35.4 Å². The molecule has 0 radical (unpaired) electrons. The van der Waals surface area contributed by atoms with Crippen LogP contribution in [0.2, 0.25) is 0 Å². The van der Waals surface area contributed by atoms with Crippen LogP contribution in [0.1, 0.15) is 20.7 Å². The predicted molar refractivity (Wildman–Crippen MR) is 64.1 cm³/mol. The smallest absolute Gasteiger partial charge is 0.285 e. The molecule has 1 N–H and O–H groups in total.